The first-order valence-electron chi connectivity index (χ1n) is 9.60. The number of phenols is 1. The quantitative estimate of drug-likeness (QED) is 0.329. The molecule has 4 rings (SSSR count). The van der Waals surface area contributed by atoms with Gasteiger partial charge < -0.3 is 14.8 Å². The number of nitrogens with zero attached hydrogens (tertiary/aromatic N) is 1. The minimum Gasteiger partial charge on any atom is -0.508 e. The number of amides is 1. The first kappa shape index (κ1) is 20.7. The fraction of sp³-hybridized carbons (Fsp3) is 0.0833. The van der Waals surface area contributed by atoms with Gasteiger partial charge in [0, 0.05) is 21.6 Å². The number of rotatable bonds is 4. The number of benzene rings is 3. The van der Waals surface area contributed by atoms with Crippen molar-refractivity contribution < 1.29 is 14.3 Å². The zero-order chi connectivity index (χ0) is 22.0. The largest absolute Gasteiger partial charge is 0.508 e. The lowest BCUT2D eigenvalue weighted by molar-refractivity contribution is 0.102. The number of fused-ring (bicyclic) bond motifs is 1. The van der Waals surface area contributed by atoms with Crippen molar-refractivity contribution in [3.05, 3.63) is 93.4 Å². The molecule has 1 amide bonds. The van der Waals surface area contributed by atoms with E-state index in [9.17, 15) is 9.90 Å². The third-order valence-electron chi connectivity index (χ3n) is 4.74. The van der Waals surface area contributed by atoms with E-state index in [-0.39, 0.29) is 16.9 Å². The van der Waals surface area contributed by atoms with Crippen LogP contribution in [-0.4, -0.2) is 11.0 Å². The Morgan fingerprint density at radius 1 is 0.968 bits per heavy atom. The lowest BCUT2D eigenvalue weighted by Gasteiger charge is -2.09. The predicted molar refractivity (Wildman–Crippen MR) is 125 cm³/mol. The highest BCUT2D eigenvalue weighted by Crippen LogP contribution is 2.22. The van der Waals surface area contributed by atoms with Gasteiger partial charge in [0.1, 0.15) is 16.9 Å². The Bertz CT molecular complexity index is 1340. The SMILES string of the molecule is Cc1ccc2oc(=NNc3ccc(Br)cc3)c(C(=O)Nc3ccc(C)c(O)c3)cc2c1. The van der Waals surface area contributed by atoms with Gasteiger partial charge >= 0.3 is 0 Å². The summed E-state index contributed by atoms with van der Waals surface area (Å²) in [7, 11) is 0. The van der Waals surface area contributed by atoms with Gasteiger partial charge in [0.25, 0.3) is 5.91 Å². The molecule has 0 unspecified atom stereocenters. The number of phenolic OH excluding ortho intramolecular Hbond substituents is 1. The summed E-state index contributed by atoms with van der Waals surface area (Å²) >= 11 is 3.40. The van der Waals surface area contributed by atoms with E-state index in [4.69, 9.17) is 4.42 Å². The number of aryl methyl sites for hydroxylation is 2. The van der Waals surface area contributed by atoms with Crippen molar-refractivity contribution in [2.45, 2.75) is 13.8 Å². The number of hydrogen-bond acceptors (Lipinski definition) is 5. The first-order valence-corrected chi connectivity index (χ1v) is 10.4. The molecule has 0 aliphatic carbocycles. The van der Waals surface area contributed by atoms with E-state index in [2.05, 4.69) is 31.8 Å². The monoisotopic (exact) mass is 477 g/mol. The normalized spacial score (nSPS) is 11.5. The Kier molecular flexibility index (Phi) is 5.77. The van der Waals surface area contributed by atoms with Crippen molar-refractivity contribution in [1.82, 2.24) is 0 Å². The smallest absolute Gasteiger partial charge is 0.261 e. The maximum Gasteiger partial charge on any atom is 0.261 e. The van der Waals surface area contributed by atoms with Gasteiger partial charge in [-0.25, -0.2) is 0 Å². The first-order chi connectivity index (χ1) is 14.9. The van der Waals surface area contributed by atoms with Gasteiger partial charge in [0.15, 0.2) is 0 Å². The van der Waals surface area contributed by atoms with Crippen molar-refractivity contribution in [3.63, 3.8) is 0 Å². The van der Waals surface area contributed by atoms with Crippen molar-refractivity contribution in [1.29, 1.82) is 0 Å². The summed E-state index contributed by atoms with van der Waals surface area (Å²) in [6.07, 6.45) is 0. The Hall–Kier alpha value is -3.58. The second-order valence-corrected chi connectivity index (χ2v) is 8.11. The molecule has 0 bridgehead atoms. The molecule has 0 saturated carbocycles. The van der Waals surface area contributed by atoms with Crippen molar-refractivity contribution >= 4 is 44.2 Å². The summed E-state index contributed by atoms with van der Waals surface area (Å²) < 4.78 is 6.90. The van der Waals surface area contributed by atoms with Crippen LogP contribution in [0.2, 0.25) is 0 Å². The third kappa shape index (κ3) is 4.78. The zero-order valence-corrected chi connectivity index (χ0v) is 18.5. The van der Waals surface area contributed by atoms with Crippen LogP contribution in [-0.2, 0) is 0 Å². The van der Waals surface area contributed by atoms with E-state index in [0.717, 1.165) is 26.7 Å². The lowest BCUT2D eigenvalue weighted by atomic mass is 10.1. The Morgan fingerprint density at radius 3 is 2.45 bits per heavy atom. The van der Waals surface area contributed by atoms with Gasteiger partial charge in [-0.15, -0.1) is 5.10 Å². The molecule has 156 valence electrons. The summed E-state index contributed by atoms with van der Waals surface area (Å²) in [5, 5.41) is 17.9. The van der Waals surface area contributed by atoms with Crippen molar-refractivity contribution in [2.24, 2.45) is 5.10 Å². The molecule has 0 atom stereocenters. The van der Waals surface area contributed by atoms with E-state index in [1.165, 1.54) is 6.07 Å². The van der Waals surface area contributed by atoms with Crippen LogP contribution in [0.1, 0.15) is 21.5 Å². The summed E-state index contributed by atoms with van der Waals surface area (Å²) in [5.74, 6) is -0.287. The van der Waals surface area contributed by atoms with E-state index in [1.807, 2.05) is 49.4 Å². The molecule has 1 aromatic heterocycles. The molecular formula is C24H20BrN3O3. The van der Waals surface area contributed by atoms with Crippen LogP contribution >= 0.6 is 15.9 Å². The van der Waals surface area contributed by atoms with Crippen LogP contribution in [0.3, 0.4) is 0 Å². The number of carbonyl (C=O) groups excluding carboxylic acids is 1. The third-order valence-corrected chi connectivity index (χ3v) is 5.27. The van der Waals surface area contributed by atoms with E-state index in [1.54, 1.807) is 25.1 Å². The molecule has 0 aliphatic heterocycles. The molecule has 0 saturated heterocycles. The van der Waals surface area contributed by atoms with E-state index in [0.29, 0.717) is 11.3 Å². The fourth-order valence-corrected chi connectivity index (χ4v) is 3.29. The van der Waals surface area contributed by atoms with Crippen molar-refractivity contribution in [3.8, 4) is 5.75 Å². The molecule has 31 heavy (non-hydrogen) atoms. The highest BCUT2D eigenvalue weighted by atomic mass is 79.9. The van der Waals surface area contributed by atoms with Crippen LogP contribution in [0, 0.1) is 13.8 Å². The predicted octanol–water partition coefficient (Wildman–Crippen LogP) is 5.70. The minimum atomic E-state index is -0.397. The molecule has 1 heterocycles. The summed E-state index contributed by atoms with van der Waals surface area (Å²) in [4.78, 5) is 13.1. The van der Waals surface area contributed by atoms with Gasteiger partial charge in [-0.3, -0.25) is 10.2 Å². The molecule has 4 aromatic rings. The average molecular weight is 478 g/mol. The Balaban J connectivity index is 1.75. The molecule has 7 heteroatoms. The number of nitrogens with one attached hydrogen (secondary N) is 2. The van der Waals surface area contributed by atoms with E-state index >= 15 is 0 Å². The van der Waals surface area contributed by atoms with Gasteiger partial charge in [0.2, 0.25) is 5.55 Å². The molecular weight excluding hydrogens is 458 g/mol. The number of halogens is 1. The van der Waals surface area contributed by atoms with Gasteiger partial charge in [-0.05, 0) is 67.9 Å². The van der Waals surface area contributed by atoms with Crippen LogP contribution in [0.5, 0.6) is 5.75 Å². The lowest BCUT2D eigenvalue weighted by Crippen LogP contribution is -2.22. The molecule has 6 nitrogen and oxygen atoms in total. The van der Waals surface area contributed by atoms with Crippen LogP contribution in [0.15, 0.2) is 80.7 Å². The molecule has 3 N–H and O–H groups in total. The van der Waals surface area contributed by atoms with Gasteiger partial charge in [-0.1, -0.05) is 33.6 Å². The number of carbonyl (C=O) groups is 1. The summed E-state index contributed by atoms with van der Waals surface area (Å²) in [6, 6.07) is 19.9. The van der Waals surface area contributed by atoms with Crippen LogP contribution < -0.4 is 16.3 Å². The maximum atomic E-state index is 13.1. The molecule has 3 aromatic carbocycles. The molecule has 0 radical (unpaired) electrons. The molecule has 0 fully saturated rings. The van der Waals surface area contributed by atoms with Gasteiger partial charge in [-0.2, -0.15) is 0 Å². The Morgan fingerprint density at radius 2 is 1.71 bits per heavy atom. The molecule has 0 aliphatic rings. The number of aromatic hydroxyl groups is 1. The number of hydrogen-bond donors (Lipinski definition) is 3. The highest BCUT2D eigenvalue weighted by molar-refractivity contribution is 9.10. The highest BCUT2D eigenvalue weighted by Gasteiger charge is 2.14. The maximum absolute atomic E-state index is 13.1. The average Bonchev–Trinajstić information content (AvgIpc) is 2.75. The minimum absolute atomic E-state index is 0.110. The topological polar surface area (TPSA) is 86.9 Å². The molecule has 0 spiro atoms. The fourth-order valence-electron chi connectivity index (χ4n) is 3.02. The second-order valence-electron chi connectivity index (χ2n) is 7.19. The Labute approximate surface area is 187 Å². The zero-order valence-electron chi connectivity index (χ0n) is 16.9. The van der Waals surface area contributed by atoms with Gasteiger partial charge in [0.05, 0.1) is 5.69 Å². The number of anilines is 2. The summed E-state index contributed by atoms with van der Waals surface area (Å²) in [6.45, 7) is 3.76. The standard InChI is InChI=1S/C24H20BrN3O3/c1-14-3-10-22-16(11-14)12-20(23(30)26-19-7-4-15(2)21(29)13-19)24(31-22)28-27-18-8-5-17(25)6-9-18/h3-13,27,29H,1-2H3,(H,26,30). The van der Waals surface area contributed by atoms with E-state index < -0.39 is 5.91 Å². The summed E-state index contributed by atoms with van der Waals surface area (Å²) in [5.41, 5.74) is 6.96. The van der Waals surface area contributed by atoms with Crippen LogP contribution in [0.25, 0.3) is 11.0 Å². The second kappa shape index (κ2) is 8.65. The van der Waals surface area contributed by atoms with Crippen molar-refractivity contribution in [2.75, 3.05) is 10.7 Å². The van der Waals surface area contributed by atoms with Crippen LogP contribution in [0.4, 0.5) is 11.4 Å².